The first-order chi connectivity index (χ1) is 11.5. The second-order valence-corrected chi connectivity index (χ2v) is 7.64. The zero-order valence-electron chi connectivity index (χ0n) is 14.7. The molecule has 144 valence electrons. The van der Waals surface area contributed by atoms with E-state index in [4.69, 9.17) is 4.74 Å². The Bertz CT molecular complexity index is 627. The van der Waals surface area contributed by atoms with Gasteiger partial charge in [0.25, 0.3) is 0 Å². The topological polar surface area (TPSA) is 91.8 Å². The van der Waals surface area contributed by atoms with E-state index in [0.717, 1.165) is 17.9 Å². The van der Waals surface area contributed by atoms with Crippen LogP contribution in [0, 0.1) is 0 Å². The molecule has 0 saturated carbocycles. The Labute approximate surface area is 171 Å². The van der Waals surface area contributed by atoms with E-state index in [1.165, 1.54) is 7.11 Å². The zero-order chi connectivity index (χ0) is 17.8. The van der Waals surface area contributed by atoms with Crippen LogP contribution in [0.5, 0.6) is 0 Å². The number of thioether (sulfide) groups is 1. The van der Waals surface area contributed by atoms with Crippen molar-refractivity contribution in [3.63, 3.8) is 0 Å². The first-order valence-electron chi connectivity index (χ1n) is 7.54. The molecule has 1 aromatic rings. The Morgan fingerprint density at radius 3 is 2.68 bits per heavy atom. The number of sulfonamides is 1. The number of aliphatic imine (C=N–C) groups is 1. The van der Waals surface area contributed by atoms with Gasteiger partial charge in [-0.05, 0) is 24.0 Å². The van der Waals surface area contributed by atoms with E-state index in [9.17, 15) is 8.42 Å². The van der Waals surface area contributed by atoms with Crippen LogP contribution >= 0.6 is 35.7 Å². The molecule has 0 atom stereocenters. The number of rotatable bonds is 10. The van der Waals surface area contributed by atoms with Gasteiger partial charge >= 0.3 is 0 Å². The molecular weight excluding hydrogens is 475 g/mol. The quantitative estimate of drug-likeness (QED) is 0.193. The summed E-state index contributed by atoms with van der Waals surface area (Å²) in [5.74, 6) is 1.68. The van der Waals surface area contributed by atoms with Crippen molar-refractivity contribution in [2.75, 3.05) is 45.9 Å². The minimum atomic E-state index is -3.52. The Morgan fingerprint density at radius 1 is 1.28 bits per heavy atom. The van der Waals surface area contributed by atoms with E-state index in [0.29, 0.717) is 19.1 Å². The number of guanidine groups is 1. The van der Waals surface area contributed by atoms with Crippen molar-refractivity contribution in [1.29, 1.82) is 0 Å². The summed E-state index contributed by atoms with van der Waals surface area (Å²) < 4.78 is 31.8. The molecule has 0 bridgehead atoms. The third kappa shape index (κ3) is 9.64. The maximum Gasteiger partial charge on any atom is 0.240 e. The van der Waals surface area contributed by atoms with Crippen molar-refractivity contribution in [1.82, 2.24) is 15.4 Å². The second kappa shape index (κ2) is 13.6. The van der Waals surface area contributed by atoms with Gasteiger partial charge in [0.1, 0.15) is 0 Å². The predicted octanol–water partition coefficient (Wildman–Crippen LogP) is 1.26. The van der Waals surface area contributed by atoms with Crippen molar-refractivity contribution in [2.45, 2.75) is 11.4 Å². The Balaban J connectivity index is 0.00000576. The number of benzene rings is 1. The first-order valence-corrected chi connectivity index (χ1v) is 10.4. The Kier molecular flexibility index (Phi) is 13.3. The lowest BCUT2D eigenvalue weighted by Crippen LogP contribution is -2.38. The summed E-state index contributed by atoms with van der Waals surface area (Å²) in [5.41, 5.74) is 0.859. The van der Waals surface area contributed by atoms with Crippen molar-refractivity contribution in [3.05, 3.63) is 29.8 Å². The number of hydrogen-bond donors (Lipinski definition) is 3. The van der Waals surface area contributed by atoms with Crippen LogP contribution in [-0.2, 0) is 21.3 Å². The largest absolute Gasteiger partial charge is 0.383 e. The Hall–Kier alpha value is -0.560. The minimum Gasteiger partial charge on any atom is -0.383 e. The number of hydrogen-bond acceptors (Lipinski definition) is 5. The van der Waals surface area contributed by atoms with Gasteiger partial charge < -0.3 is 15.4 Å². The van der Waals surface area contributed by atoms with E-state index in [1.807, 2.05) is 12.3 Å². The predicted molar refractivity (Wildman–Crippen MR) is 116 cm³/mol. The maximum atomic E-state index is 12.2. The Morgan fingerprint density at radius 2 is 2.04 bits per heavy atom. The van der Waals surface area contributed by atoms with Crippen molar-refractivity contribution in [3.8, 4) is 0 Å². The number of methoxy groups -OCH3 is 1. The van der Waals surface area contributed by atoms with Crippen LogP contribution in [0.4, 0.5) is 0 Å². The molecule has 0 fully saturated rings. The fourth-order valence-corrected chi connectivity index (χ4v) is 3.25. The summed E-state index contributed by atoms with van der Waals surface area (Å²) in [6.45, 7) is 1.88. The third-order valence-electron chi connectivity index (χ3n) is 3.09. The van der Waals surface area contributed by atoms with Crippen LogP contribution < -0.4 is 15.4 Å². The lowest BCUT2D eigenvalue weighted by Gasteiger charge is -2.12. The molecule has 0 aliphatic rings. The highest BCUT2D eigenvalue weighted by molar-refractivity contribution is 14.0. The number of ether oxygens (including phenoxy) is 1. The highest BCUT2D eigenvalue weighted by atomic mass is 127. The van der Waals surface area contributed by atoms with Crippen LogP contribution in [0.2, 0.25) is 0 Å². The average Bonchev–Trinajstić information content (AvgIpc) is 2.58. The summed E-state index contributed by atoms with van der Waals surface area (Å²) in [4.78, 5) is 4.38. The molecule has 0 aliphatic carbocycles. The molecule has 10 heteroatoms. The minimum absolute atomic E-state index is 0. The standard InChI is InChI=1S/C15H26N4O3S2.HI/c1-16-15(17-8-10-23-3)18-12-13-5-4-6-14(11-13)24(20,21)19-7-9-22-2;/h4-6,11,19H,7-10,12H2,1-3H3,(H2,16,17,18);1H. The van der Waals surface area contributed by atoms with Crippen molar-refractivity contribution < 1.29 is 13.2 Å². The van der Waals surface area contributed by atoms with E-state index in [2.05, 4.69) is 20.3 Å². The average molecular weight is 502 g/mol. The normalized spacial score (nSPS) is 11.7. The van der Waals surface area contributed by atoms with Gasteiger partial charge in [-0.3, -0.25) is 4.99 Å². The van der Waals surface area contributed by atoms with Gasteiger partial charge in [0.05, 0.1) is 11.5 Å². The molecule has 0 spiro atoms. The summed E-state index contributed by atoms with van der Waals surface area (Å²) in [6, 6.07) is 6.82. The van der Waals surface area contributed by atoms with E-state index in [-0.39, 0.29) is 35.4 Å². The van der Waals surface area contributed by atoms with Crippen LogP contribution in [0.25, 0.3) is 0 Å². The molecule has 0 aromatic heterocycles. The monoisotopic (exact) mass is 502 g/mol. The lowest BCUT2D eigenvalue weighted by atomic mass is 10.2. The van der Waals surface area contributed by atoms with Gasteiger partial charge in [0.15, 0.2) is 5.96 Å². The fourth-order valence-electron chi connectivity index (χ4n) is 1.86. The molecule has 0 saturated heterocycles. The van der Waals surface area contributed by atoms with Gasteiger partial charge in [-0.1, -0.05) is 12.1 Å². The summed E-state index contributed by atoms with van der Waals surface area (Å²) in [6.07, 6.45) is 2.05. The van der Waals surface area contributed by atoms with E-state index >= 15 is 0 Å². The molecule has 1 aromatic carbocycles. The number of halogens is 1. The molecule has 25 heavy (non-hydrogen) atoms. The van der Waals surface area contributed by atoms with E-state index in [1.54, 1.807) is 37.0 Å². The molecule has 0 radical (unpaired) electrons. The van der Waals surface area contributed by atoms with Crippen molar-refractivity contribution >= 4 is 51.7 Å². The molecular formula is C15H27IN4O3S2. The molecule has 0 aliphatic heterocycles. The third-order valence-corrected chi connectivity index (χ3v) is 5.16. The van der Waals surface area contributed by atoms with Crippen LogP contribution in [-0.4, -0.2) is 60.2 Å². The maximum absolute atomic E-state index is 12.2. The smallest absolute Gasteiger partial charge is 0.240 e. The van der Waals surface area contributed by atoms with Gasteiger partial charge in [-0.25, -0.2) is 13.1 Å². The number of nitrogens with zero attached hydrogens (tertiary/aromatic N) is 1. The second-order valence-electron chi connectivity index (χ2n) is 4.88. The van der Waals surface area contributed by atoms with Gasteiger partial charge in [-0.2, -0.15) is 11.8 Å². The van der Waals surface area contributed by atoms with Crippen LogP contribution in [0.15, 0.2) is 34.2 Å². The van der Waals surface area contributed by atoms with E-state index < -0.39 is 10.0 Å². The fraction of sp³-hybridized carbons (Fsp3) is 0.533. The van der Waals surface area contributed by atoms with Gasteiger partial charge in [0, 0.05) is 39.5 Å². The van der Waals surface area contributed by atoms with Gasteiger partial charge in [0.2, 0.25) is 10.0 Å². The van der Waals surface area contributed by atoms with Crippen LogP contribution in [0.1, 0.15) is 5.56 Å². The highest BCUT2D eigenvalue weighted by Crippen LogP contribution is 2.11. The lowest BCUT2D eigenvalue weighted by molar-refractivity contribution is 0.204. The highest BCUT2D eigenvalue weighted by Gasteiger charge is 2.13. The molecule has 7 nitrogen and oxygen atoms in total. The zero-order valence-corrected chi connectivity index (χ0v) is 18.7. The molecule has 0 amide bonds. The summed E-state index contributed by atoms with van der Waals surface area (Å²) in [5, 5.41) is 6.36. The molecule has 1 rings (SSSR count). The van der Waals surface area contributed by atoms with Crippen LogP contribution in [0.3, 0.4) is 0 Å². The first kappa shape index (κ1) is 24.4. The summed E-state index contributed by atoms with van der Waals surface area (Å²) >= 11 is 1.75. The molecule has 0 unspecified atom stereocenters. The van der Waals surface area contributed by atoms with Gasteiger partial charge in [-0.15, -0.1) is 24.0 Å². The summed E-state index contributed by atoms with van der Waals surface area (Å²) in [7, 11) is -0.291. The molecule has 3 N–H and O–H groups in total. The number of nitrogens with one attached hydrogen (secondary N) is 3. The SMILES string of the molecule is CN=C(NCCSC)NCc1cccc(S(=O)(=O)NCCOC)c1.I. The van der Waals surface area contributed by atoms with Crippen molar-refractivity contribution in [2.24, 2.45) is 4.99 Å². The molecule has 0 heterocycles.